The number of esters is 1. The Morgan fingerprint density at radius 2 is 1.82 bits per heavy atom. The average molecular weight is 379 g/mol. The predicted molar refractivity (Wildman–Crippen MR) is 102 cm³/mol. The molecule has 7 nitrogen and oxygen atoms in total. The summed E-state index contributed by atoms with van der Waals surface area (Å²) in [4.78, 5) is 27.9. The molecule has 1 amide bonds. The number of benzene rings is 2. The van der Waals surface area contributed by atoms with Crippen LogP contribution >= 0.6 is 0 Å². The molecule has 0 spiro atoms. The Hall–Kier alpha value is -3.48. The lowest BCUT2D eigenvalue weighted by molar-refractivity contribution is -0.145. The quantitative estimate of drug-likeness (QED) is 0.605. The summed E-state index contributed by atoms with van der Waals surface area (Å²) in [6.07, 6.45) is 0.351. The van der Waals surface area contributed by atoms with Crippen molar-refractivity contribution in [1.82, 2.24) is 15.5 Å². The largest absolute Gasteiger partial charge is 0.457 e. The number of hydrogen-bond donors (Lipinski definition) is 1. The highest BCUT2D eigenvalue weighted by Gasteiger charge is 2.11. The number of carbonyl (C=O) groups excluding carboxylic acids is 2. The third-order valence-corrected chi connectivity index (χ3v) is 3.99. The van der Waals surface area contributed by atoms with Gasteiger partial charge in [-0.05, 0) is 24.6 Å². The lowest BCUT2D eigenvalue weighted by atomic mass is 10.1. The van der Waals surface area contributed by atoms with Gasteiger partial charge in [-0.1, -0.05) is 53.2 Å². The van der Waals surface area contributed by atoms with Crippen LogP contribution in [-0.2, 0) is 27.4 Å². The van der Waals surface area contributed by atoms with E-state index < -0.39 is 5.97 Å². The van der Waals surface area contributed by atoms with E-state index in [9.17, 15) is 9.59 Å². The molecule has 0 fully saturated rings. The lowest BCUT2D eigenvalue weighted by Gasteiger charge is -2.05. The summed E-state index contributed by atoms with van der Waals surface area (Å²) < 4.78 is 10.3. The van der Waals surface area contributed by atoms with Crippen molar-refractivity contribution in [3.8, 4) is 11.5 Å². The van der Waals surface area contributed by atoms with E-state index in [4.69, 9.17) is 9.26 Å². The molecule has 0 unspecified atom stereocenters. The molecular weight excluding hydrogens is 358 g/mol. The molecule has 2 aromatic carbocycles. The van der Waals surface area contributed by atoms with E-state index in [1.54, 1.807) is 0 Å². The van der Waals surface area contributed by atoms with Crippen LogP contribution in [0.2, 0.25) is 0 Å². The van der Waals surface area contributed by atoms with Gasteiger partial charge in [0, 0.05) is 12.1 Å². The highest BCUT2D eigenvalue weighted by atomic mass is 16.5. The second-order valence-corrected chi connectivity index (χ2v) is 6.30. The predicted octanol–water partition coefficient (Wildman–Crippen LogP) is 2.84. The Bertz CT molecular complexity index is 920. The normalized spacial score (nSPS) is 10.5. The van der Waals surface area contributed by atoms with E-state index in [1.165, 1.54) is 0 Å². The number of aromatic nitrogens is 2. The molecule has 1 N–H and O–H groups in total. The molecule has 3 aromatic rings. The minimum absolute atomic E-state index is 0.0726. The number of nitrogens with one attached hydrogen (secondary N) is 1. The SMILES string of the molecule is Cc1ccc(-c2nc(COC(=O)CCNC(=O)Cc3ccccc3)no2)cc1. The Morgan fingerprint density at radius 1 is 1.07 bits per heavy atom. The van der Waals surface area contributed by atoms with Crippen molar-refractivity contribution in [1.29, 1.82) is 0 Å². The van der Waals surface area contributed by atoms with Crippen LogP contribution in [0.3, 0.4) is 0 Å². The maximum Gasteiger partial charge on any atom is 0.308 e. The Balaban J connectivity index is 1.37. The van der Waals surface area contributed by atoms with Crippen LogP contribution < -0.4 is 5.32 Å². The zero-order chi connectivity index (χ0) is 19.8. The molecule has 1 aromatic heterocycles. The van der Waals surface area contributed by atoms with Gasteiger partial charge >= 0.3 is 5.97 Å². The number of nitrogens with zero attached hydrogens (tertiary/aromatic N) is 2. The topological polar surface area (TPSA) is 94.3 Å². The van der Waals surface area contributed by atoms with Crippen molar-refractivity contribution >= 4 is 11.9 Å². The van der Waals surface area contributed by atoms with E-state index >= 15 is 0 Å². The number of hydrogen-bond acceptors (Lipinski definition) is 6. The fraction of sp³-hybridized carbons (Fsp3) is 0.238. The molecule has 7 heteroatoms. The molecule has 144 valence electrons. The minimum Gasteiger partial charge on any atom is -0.457 e. The lowest BCUT2D eigenvalue weighted by Crippen LogP contribution is -2.27. The molecular formula is C21H21N3O4. The molecule has 0 saturated carbocycles. The number of rotatable bonds is 8. The standard InChI is InChI=1S/C21H21N3O4/c1-15-7-9-17(10-8-15)21-23-18(24-28-21)14-27-20(26)11-12-22-19(25)13-16-5-3-2-4-6-16/h2-10H,11-14H2,1H3,(H,22,25). The number of carbonyl (C=O) groups is 2. The van der Waals surface area contributed by atoms with E-state index in [2.05, 4.69) is 15.5 Å². The molecule has 0 aliphatic heterocycles. The van der Waals surface area contributed by atoms with Gasteiger partial charge in [-0.2, -0.15) is 4.98 Å². The summed E-state index contributed by atoms with van der Waals surface area (Å²) >= 11 is 0. The van der Waals surface area contributed by atoms with Gasteiger partial charge in [0.1, 0.15) is 0 Å². The summed E-state index contributed by atoms with van der Waals surface area (Å²) in [6.45, 7) is 2.13. The Kier molecular flexibility index (Phi) is 6.51. The van der Waals surface area contributed by atoms with E-state index in [-0.39, 0.29) is 37.7 Å². The van der Waals surface area contributed by atoms with Crippen molar-refractivity contribution < 1.29 is 18.8 Å². The van der Waals surface area contributed by atoms with Crippen molar-refractivity contribution in [2.45, 2.75) is 26.4 Å². The minimum atomic E-state index is -0.443. The average Bonchev–Trinajstić information content (AvgIpc) is 3.17. The van der Waals surface area contributed by atoms with Crippen LogP contribution in [0.25, 0.3) is 11.5 Å². The van der Waals surface area contributed by atoms with Gasteiger partial charge in [0.15, 0.2) is 6.61 Å². The fourth-order valence-electron chi connectivity index (χ4n) is 2.49. The van der Waals surface area contributed by atoms with Gasteiger partial charge in [-0.25, -0.2) is 0 Å². The van der Waals surface area contributed by atoms with E-state index in [1.807, 2.05) is 61.5 Å². The van der Waals surface area contributed by atoms with E-state index in [0.29, 0.717) is 5.89 Å². The molecule has 0 aliphatic carbocycles. The highest BCUT2D eigenvalue weighted by Crippen LogP contribution is 2.17. The summed E-state index contributed by atoms with van der Waals surface area (Å²) in [5.41, 5.74) is 2.86. The van der Waals surface area contributed by atoms with Gasteiger partial charge < -0.3 is 14.6 Å². The molecule has 0 saturated heterocycles. The van der Waals surface area contributed by atoms with Crippen molar-refractivity contribution in [2.75, 3.05) is 6.54 Å². The van der Waals surface area contributed by atoms with Gasteiger partial charge in [0.05, 0.1) is 12.8 Å². The highest BCUT2D eigenvalue weighted by molar-refractivity contribution is 5.79. The maximum atomic E-state index is 11.8. The van der Waals surface area contributed by atoms with Gasteiger partial charge in [0.25, 0.3) is 5.89 Å². The summed E-state index contributed by atoms with van der Waals surface area (Å²) in [5, 5.41) is 6.51. The summed E-state index contributed by atoms with van der Waals surface area (Å²) in [5.74, 6) is 0.0814. The van der Waals surface area contributed by atoms with Crippen LogP contribution in [0.5, 0.6) is 0 Å². The van der Waals surface area contributed by atoms with Gasteiger partial charge in [0.2, 0.25) is 11.7 Å². The zero-order valence-corrected chi connectivity index (χ0v) is 15.6. The first kappa shape index (κ1) is 19.3. The molecule has 0 bridgehead atoms. The molecule has 0 atom stereocenters. The van der Waals surface area contributed by atoms with Crippen LogP contribution in [0.15, 0.2) is 59.1 Å². The smallest absolute Gasteiger partial charge is 0.308 e. The molecule has 0 radical (unpaired) electrons. The second kappa shape index (κ2) is 9.45. The Morgan fingerprint density at radius 3 is 2.57 bits per heavy atom. The number of ether oxygens (including phenoxy) is 1. The van der Waals surface area contributed by atoms with Crippen LogP contribution in [0.1, 0.15) is 23.4 Å². The van der Waals surface area contributed by atoms with Gasteiger partial charge in [-0.3, -0.25) is 9.59 Å². The molecule has 0 aliphatic rings. The Labute approximate surface area is 162 Å². The third-order valence-electron chi connectivity index (χ3n) is 3.99. The third kappa shape index (κ3) is 5.77. The number of aryl methyl sites for hydroxylation is 1. The maximum absolute atomic E-state index is 11.8. The molecule has 1 heterocycles. The summed E-state index contributed by atoms with van der Waals surface area (Å²) in [7, 11) is 0. The fourth-order valence-corrected chi connectivity index (χ4v) is 2.49. The van der Waals surface area contributed by atoms with Crippen LogP contribution in [0, 0.1) is 6.92 Å². The molecule has 28 heavy (non-hydrogen) atoms. The first-order valence-corrected chi connectivity index (χ1v) is 8.96. The first-order chi connectivity index (χ1) is 13.6. The van der Waals surface area contributed by atoms with Crippen LogP contribution in [-0.4, -0.2) is 28.6 Å². The zero-order valence-electron chi connectivity index (χ0n) is 15.6. The van der Waals surface area contributed by atoms with Gasteiger partial charge in [-0.15, -0.1) is 0 Å². The summed E-state index contributed by atoms with van der Waals surface area (Å²) in [6, 6.07) is 17.1. The molecule has 3 rings (SSSR count). The number of amides is 1. The van der Waals surface area contributed by atoms with Crippen molar-refractivity contribution in [3.05, 3.63) is 71.5 Å². The van der Waals surface area contributed by atoms with Crippen molar-refractivity contribution in [2.24, 2.45) is 0 Å². The second-order valence-electron chi connectivity index (χ2n) is 6.30. The first-order valence-electron chi connectivity index (χ1n) is 8.96. The van der Waals surface area contributed by atoms with Crippen molar-refractivity contribution in [3.63, 3.8) is 0 Å². The van der Waals surface area contributed by atoms with Crippen LogP contribution in [0.4, 0.5) is 0 Å². The van der Waals surface area contributed by atoms with E-state index in [0.717, 1.165) is 16.7 Å². The monoisotopic (exact) mass is 379 g/mol.